The summed E-state index contributed by atoms with van der Waals surface area (Å²) in [5, 5.41) is 0.661. The molecular formula is C11H9NO3. The van der Waals surface area contributed by atoms with Gasteiger partial charge in [0.2, 0.25) is 0 Å². The molecule has 0 aliphatic carbocycles. The summed E-state index contributed by atoms with van der Waals surface area (Å²) in [6.07, 6.45) is 1.05. The first kappa shape index (κ1) is 9.45. The minimum atomic E-state index is -0.412. The molecule has 2 rings (SSSR count). The zero-order valence-electron chi connectivity index (χ0n) is 7.90. The van der Waals surface area contributed by atoms with Gasteiger partial charge in [-0.1, -0.05) is 6.07 Å². The summed E-state index contributed by atoms with van der Waals surface area (Å²) < 4.78 is 4.95. The minimum Gasteiger partial charge on any atom is -0.423 e. The van der Waals surface area contributed by atoms with Crippen LogP contribution in [-0.4, -0.2) is 6.29 Å². The third kappa shape index (κ3) is 1.61. The second-order valence-electron chi connectivity index (χ2n) is 3.18. The van der Waals surface area contributed by atoms with Gasteiger partial charge in [0, 0.05) is 23.6 Å². The minimum absolute atomic E-state index is 0.265. The second kappa shape index (κ2) is 3.57. The summed E-state index contributed by atoms with van der Waals surface area (Å²) in [6.45, 7) is 0. The topological polar surface area (TPSA) is 73.3 Å². The molecule has 1 aromatic heterocycles. The first-order valence-corrected chi connectivity index (χ1v) is 4.47. The highest BCUT2D eigenvalue weighted by Crippen LogP contribution is 2.23. The number of carbonyl (C=O) groups is 1. The Morgan fingerprint density at radius 3 is 2.80 bits per heavy atom. The number of aldehydes is 1. The van der Waals surface area contributed by atoms with Crippen molar-refractivity contribution < 1.29 is 9.21 Å². The van der Waals surface area contributed by atoms with E-state index in [1.54, 1.807) is 18.2 Å². The summed E-state index contributed by atoms with van der Waals surface area (Å²) >= 11 is 0. The fraction of sp³-hybridized carbons (Fsp3) is 0.0909. The third-order valence-electron chi connectivity index (χ3n) is 2.24. The van der Waals surface area contributed by atoms with Gasteiger partial charge in [-0.3, -0.25) is 0 Å². The SMILES string of the molecule is Nc1c(CC=O)ccc2oc(=O)ccc12. The van der Waals surface area contributed by atoms with Crippen molar-refractivity contribution >= 4 is 22.9 Å². The molecule has 0 unspecified atom stereocenters. The number of anilines is 1. The number of rotatable bonds is 2. The van der Waals surface area contributed by atoms with Crippen LogP contribution < -0.4 is 11.4 Å². The van der Waals surface area contributed by atoms with Crippen molar-refractivity contribution in [3.05, 3.63) is 40.2 Å². The highest BCUT2D eigenvalue weighted by Gasteiger charge is 2.05. The molecule has 0 bridgehead atoms. The molecule has 2 aromatic rings. The molecule has 0 amide bonds. The molecule has 0 fully saturated rings. The molecule has 0 aliphatic rings. The van der Waals surface area contributed by atoms with E-state index in [2.05, 4.69) is 0 Å². The number of nitrogen functional groups attached to an aromatic ring is 1. The maximum atomic E-state index is 10.9. The Morgan fingerprint density at radius 1 is 1.27 bits per heavy atom. The maximum absolute atomic E-state index is 10.9. The van der Waals surface area contributed by atoms with Crippen LogP contribution in [0.4, 0.5) is 5.69 Å². The normalized spacial score (nSPS) is 10.4. The van der Waals surface area contributed by atoms with E-state index in [-0.39, 0.29) is 6.42 Å². The highest BCUT2D eigenvalue weighted by atomic mass is 16.4. The van der Waals surface area contributed by atoms with Crippen molar-refractivity contribution in [3.8, 4) is 0 Å². The fourth-order valence-electron chi connectivity index (χ4n) is 1.48. The van der Waals surface area contributed by atoms with Crippen LogP contribution in [0.3, 0.4) is 0 Å². The summed E-state index contributed by atoms with van der Waals surface area (Å²) in [4.78, 5) is 21.3. The second-order valence-corrected chi connectivity index (χ2v) is 3.18. The molecule has 0 radical (unpaired) electrons. The van der Waals surface area contributed by atoms with Crippen LogP contribution in [0.1, 0.15) is 5.56 Å². The van der Waals surface area contributed by atoms with Gasteiger partial charge in [0.25, 0.3) is 0 Å². The zero-order chi connectivity index (χ0) is 10.8. The van der Waals surface area contributed by atoms with Gasteiger partial charge < -0.3 is 14.9 Å². The van der Waals surface area contributed by atoms with Gasteiger partial charge in [-0.25, -0.2) is 4.79 Å². The largest absolute Gasteiger partial charge is 0.423 e. The molecule has 2 N–H and O–H groups in total. The van der Waals surface area contributed by atoms with Crippen LogP contribution in [0.15, 0.2) is 33.5 Å². The molecule has 0 spiro atoms. The summed E-state index contributed by atoms with van der Waals surface area (Å²) in [7, 11) is 0. The van der Waals surface area contributed by atoms with E-state index in [0.717, 1.165) is 11.8 Å². The highest BCUT2D eigenvalue weighted by molar-refractivity contribution is 5.91. The fourth-order valence-corrected chi connectivity index (χ4v) is 1.48. The number of nitrogens with two attached hydrogens (primary N) is 1. The van der Waals surface area contributed by atoms with Crippen LogP contribution in [0, 0.1) is 0 Å². The summed E-state index contributed by atoms with van der Waals surface area (Å²) in [6, 6.07) is 6.25. The lowest BCUT2D eigenvalue weighted by atomic mass is 10.1. The predicted molar refractivity (Wildman–Crippen MR) is 56.7 cm³/mol. The van der Waals surface area contributed by atoms with E-state index in [9.17, 15) is 9.59 Å². The lowest BCUT2D eigenvalue weighted by molar-refractivity contribution is -0.107. The van der Waals surface area contributed by atoms with Crippen molar-refractivity contribution in [2.45, 2.75) is 6.42 Å². The quantitative estimate of drug-likeness (QED) is 0.451. The average molecular weight is 203 g/mol. The van der Waals surface area contributed by atoms with E-state index in [4.69, 9.17) is 10.2 Å². The molecule has 1 heterocycles. The van der Waals surface area contributed by atoms with Gasteiger partial charge in [-0.15, -0.1) is 0 Å². The standard InChI is InChI=1S/C11H9NO3/c12-11-7(5-6-13)1-3-9-8(11)2-4-10(14)15-9/h1-4,6H,5,12H2. The molecule has 0 saturated heterocycles. The zero-order valence-corrected chi connectivity index (χ0v) is 7.90. The molecule has 76 valence electrons. The first-order valence-electron chi connectivity index (χ1n) is 4.47. The molecule has 0 aliphatic heterocycles. The Morgan fingerprint density at radius 2 is 2.07 bits per heavy atom. The van der Waals surface area contributed by atoms with Gasteiger partial charge in [-0.05, 0) is 17.7 Å². The monoisotopic (exact) mass is 203 g/mol. The van der Waals surface area contributed by atoms with Gasteiger partial charge in [0.1, 0.15) is 11.9 Å². The van der Waals surface area contributed by atoms with Crippen LogP contribution >= 0.6 is 0 Å². The van der Waals surface area contributed by atoms with Crippen molar-refractivity contribution in [2.24, 2.45) is 0 Å². The van der Waals surface area contributed by atoms with Crippen LogP contribution in [0.25, 0.3) is 11.0 Å². The van der Waals surface area contributed by atoms with Crippen molar-refractivity contribution in [1.29, 1.82) is 0 Å². The lowest BCUT2D eigenvalue weighted by Crippen LogP contribution is -2.00. The van der Waals surface area contributed by atoms with Crippen LogP contribution in [0.5, 0.6) is 0 Å². The van der Waals surface area contributed by atoms with E-state index in [1.807, 2.05) is 0 Å². The van der Waals surface area contributed by atoms with Gasteiger partial charge in [-0.2, -0.15) is 0 Å². The number of carbonyl (C=O) groups excluding carboxylic acids is 1. The molecule has 1 aromatic carbocycles. The number of fused-ring (bicyclic) bond motifs is 1. The van der Waals surface area contributed by atoms with Crippen molar-refractivity contribution in [1.82, 2.24) is 0 Å². The number of benzene rings is 1. The molecule has 4 heteroatoms. The van der Waals surface area contributed by atoms with E-state index in [1.165, 1.54) is 6.07 Å². The van der Waals surface area contributed by atoms with Gasteiger partial charge in [0.05, 0.1) is 0 Å². The Bertz CT molecular complexity index is 572. The molecule has 15 heavy (non-hydrogen) atoms. The van der Waals surface area contributed by atoms with Crippen molar-refractivity contribution in [3.63, 3.8) is 0 Å². The molecule has 4 nitrogen and oxygen atoms in total. The van der Waals surface area contributed by atoms with Crippen LogP contribution in [0.2, 0.25) is 0 Å². The molecule has 0 saturated carbocycles. The Labute approximate surface area is 85.3 Å². The average Bonchev–Trinajstić information content (AvgIpc) is 2.22. The number of hydrogen-bond donors (Lipinski definition) is 1. The van der Waals surface area contributed by atoms with E-state index >= 15 is 0 Å². The Balaban J connectivity index is 2.73. The Hall–Kier alpha value is -2.10. The molecule has 0 atom stereocenters. The lowest BCUT2D eigenvalue weighted by Gasteiger charge is -2.04. The maximum Gasteiger partial charge on any atom is 0.336 e. The summed E-state index contributed by atoms with van der Waals surface area (Å²) in [5.74, 6) is 0. The Kier molecular flexibility index (Phi) is 2.25. The summed E-state index contributed by atoms with van der Waals surface area (Å²) in [5.41, 5.74) is 7.09. The number of hydrogen-bond acceptors (Lipinski definition) is 4. The van der Waals surface area contributed by atoms with Gasteiger partial charge >= 0.3 is 5.63 Å². The van der Waals surface area contributed by atoms with Crippen LogP contribution in [-0.2, 0) is 11.2 Å². The predicted octanol–water partition coefficient (Wildman–Crippen LogP) is 1.12. The van der Waals surface area contributed by atoms with Gasteiger partial charge in [0.15, 0.2) is 0 Å². The smallest absolute Gasteiger partial charge is 0.336 e. The van der Waals surface area contributed by atoms with E-state index < -0.39 is 5.63 Å². The molecular weight excluding hydrogens is 194 g/mol. The first-order chi connectivity index (χ1) is 7.22. The van der Waals surface area contributed by atoms with E-state index in [0.29, 0.717) is 16.7 Å². The third-order valence-corrected chi connectivity index (χ3v) is 2.24. The van der Waals surface area contributed by atoms with Crippen molar-refractivity contribution in [2.75, 3.05) is 5.73 Å².